The molecule has 2 heteroatoms. The molecule has 1 unspecified atom stereocenters. The van der Waals surface area contributed by atoms with Crippen LogP contribution >= 0.6 is 0 Å². The molecule has 1 atom stereocenters. The van der Waals surface area contributed by atoms with Gasteiger partial charge in [0.15, 0.2) is 0 Å². The first-order valence-electron chi connectivity index (χ1n) is 9.92. The first kappa shape index (κ1) is 17.4. The highest BCUT2D eigenvalue weighted by molar-refractivity contribution is 5.54. The van der Waals surface area contributed by atoms with Gasteiger partial charge in [-0.2, -0.15) is 0 Å². The lowest BCUT2D eigenvalue weighted by Crippen LogP contribution is -2.31. The summed E-state index contributed by atoms with van der Waals surface area (Å²) in [6.07, 6.45) is 9.40. The van der Waals surface area contributed by atoms with Crippen molar-refractivity contribution in [3.63, 3.8) is 0 Å². The Balaban J connectivity index is 1.78. The quantitative estimate of drug-likeness (QED) is 0.646. The molecule has 1 heterocycles. The predicted octanol–water partition coefficient (Wildman–Crippen LogP) is 6.29. The molecule has 2 aliphatic rings. The standard InChI is InChI=1S/C24H28O2/c1-2-25-24(21-14-8-4-9-15-21)19-23(16-10-5-11-17-23)22(26-24)18-20-12-6-3-7-13-20/h3-4,6-9,12-15,18H,2,5,10-11,16-17,19H2,1H3/b22-18-. The summed E-state index contributed by atoms with van der Waals surface area (Å²) < 4.78 is 13.0. The number of ether oxygens (including phenoxy) is 2. The van der Waals surface area contributed by atoms with Gasteiger partial charge in [0.25, 0.3) is 0 Å². The third kappa shape index (κ3) is 3.19. The van der Waals surface area contributed by atoms with E-state index in [1.165, 1.54) is 37.7 Å². The molecule has 2 fully saturated rings. The van der Waals surface area contributed by atoms with Crippen molar-refractivity contribution >= 4 is 6.08 Å². The Morgan fingerprint density at radius 2 is 1.58 bits per heavy atom. The summed E-state index contributed by atoms with van der Waals surface area (Å²) in [4.78, 5) is 0. The van der Waals surface area contributed by atoms with E-state index in [2.05, 4.69) is 73.7 Å². The van der Waals surface area contributed by atoms with Crippen molar-refractivity contribution in [1.82, 2.24) is 0 Å². The summed E-state index contributed by atoms with van der Waals surface area (Å²) in [5.74, 6) is 0.453. The van der Waals surface area contributed by atoms with E-state index < -0.39 is 5.79 Å². The average molecular weight is 348 g/mol. The largest absolute Gasteiger partial charge is 0.462 e. The number of rotatable bonds is 4. The molecule has 26 heavy (non-hydrogen) atoms. The smallest absolute Gasteiger partial charge is 0.237 e. The molecular formula is C24H28O2. The minimum absolute atomic E-state index is 0.0963. The molecule has 4 rings (SSSR count). The Labute approximate surface area is 156 Å². The molecule has 1 spiro atoms. The topological polar surface area (TPSA) is 18.5 Å². The van der Waals surface area contributed by atoms with E-state index in [0.29, 0.717) is 6.61 Å². The van der Waals surface area contributed by atoms with Gasteiger partial charge in [-0.15, -0.1) is 0 Å². The van der Waals surface area contributed by atoms with Crippen molar-refractivity contribution in [3.05, 3.63) is 77.5 Å². The van der Waals surface area contributed by atoms with Gasteiger partial charge in [-0.25, -0.2) is 0 Å². The van der Waals surface area contributed by atoms with E-state index in [4.69, 9.17) is 9.47 Å². The molecule has 0 amide bonds. The van der Waals surface area contributed by atoms with Gasteiger partial charge in [0.2, 0.25) is 5.79 Å². The number of hydrogen-bond donors (Lipinski definition) is 0. The summed E-state index contributed by atoms with van der Waals surface area (Å²) in [7, 11) is 0. The molecule has 1 aliphatic carbocycles. The van der Waals surface area contributed by atoms with Crippen LogP contribution < -0.4 is 0 Å². The Morgan fingerprint density at radius 1 is 0.923 bits per heavy atom. The predicted molar refractivity (Wildman–Crippen MR) is 105 cm³/mol. The second kappa shape index (κ2) is 7.28. The highest BCUT2D eigenvalue weighted by atomic mass is 16.7. The number of allylic oxidation sites excluding steroid dienone is 1. The third-order valence-corrected chi connectivity index (χ3v) is 5.87. The second-order valence-electron chi connectivity index (χ2n) is 7.59. The van der Waals surface area contributed by atoms with Crippen LogP contribution in [0.1, 0.15) is 56.6 Å². The van der Waals surface area contributed by atoms with E-state index in [9.17, 15) is 0 Å². The van der Waals surface area contributed by atoms with Crippen molar-refractivity contribution in [2.24, 2.45) is 5.41 Å². The van der Waals surface area contributed by atoms with Gasteiger partial charge in [-0.1, -0.05) is 79.9 Å². The fraction of sp³-hybridized carbons (Fsp3) is 0.417. The maximum Gasteiger partial charge on any atom is 0.237 e. The molecule has 0 bridgehead atoms. The lowest BCUT2D eigenvalue weighted by Gasteiger charge is -2.33. The van der Waals surface area contributed by atoms with Crippen LogP contribution in [0.3, 0.4) is 0 Å². The van der Waals surface area contributed by atoms with E-state index >= 15 is 0 Å². The molecule has 2 nitrogen and oxygen atoms in total. The number of benzene rings is 2. The molecular weight excluding hydrogens is 320 g/mol. The van der Waals surface area contributed by atoms with E-state index in [-0.39, 0.29) is 5.41 Å². The Hall–Kier alpha value is -2.06. The molecule has 2 aromatic carbocycles. The first-order valence-corrected chi connectivity index (χ1v) is 9.92. The SMILES string of the molecule is CCOC1(c2ccccc2)CC2(CCCCC2)/C(=C/c2ccccc2)O1. The fourth-order valence-corrected chi connectivity index (χ4v) is 4.64. The summed E-state index contributed by atoms with van der Waals surface area (Å²) >= 11 is 0. The Bertz CT molecular complexity index is 744. The summed E-state index contributed by atoms with van der Waals surface area (Å²) in [5, 5.41) is 0. The van der Waals surface area contributed by atoms with Crippen LogP contribution in [-0.4, -0.2) is 6.61 Å². The van der Waals surface area contributed by atoms with Crippen molar-refractivity contribution in [3.8, 4) is 0 Å². The zero-order valence-corrected chi connectivity index (χ0v) is 15.6. The summed E-state index contributed by atoms with van der Waals surface area (Å²) in [5.41, 5.74) is 2.43. The average Bonchev–Trinajstić information content (AvgIpc) is 2.98. The molecule has 136 valence electrons. The lowest BCUT2D eigenvalue weighted by atomic mass is 9.69. The van der Waals surface area contributed by atoms with Gasteiger partial charge in [-0.3, -0.25) is 0 Å². The first-order chi connectivity index (χ1) is 12.8. The molecule has 2 aromatic rings. The highest BCUT2D eigenvalue weighted by Crippen LogP contribution is 2.59. The van der Waals surface area contributed by atoms with Crippen molar-refractivity contribution in [1.29, 1.82) is 0 Å². The Kier molecular flexibility index (Phi) is 4.86. The zero-order valence-electron chi connectivity index (χ0n) is 15.6. The molecule has 0 N–H and O–H groups in total. The van der Waals surface area contributed by atoms with E-state index in [0.717, 1.165) is 17.7 Å². The molecule has 1 aliphatic heterocycles. The molecule has 1 saturated carbocycles. The highest BCUT2D eigenvalue weighted by Gasteiger charge is 2.55. The molecule has 1 saturated heterocycles. The van der Waals surface area contributed by atoms with Crippen LogP contribution in [0.5, 0.6) is 0 Å². The van der Waals surface area contributed by atoms with Crippen molar-refractivity contribution < 1.29 is 9.47 Å². The van der Waals surface area contributed by atoms with Crippen molar-refractivity contribution in [2.45, 2.75) is 51.2 Å². The summed E-state index contributed by atoms with van der Waals surface area (Å²) in [6.45, 7) is 2.70. The molecule has 0 aromatic heterocycles. The summed E-state index contributed by atoms with van der Waals surface area (Å²) in [6, 6.07) is 21.0. The van der Waals surface area contributed by atoms with Gasteiger partial charge >= 0.3 is 0 Å². The monoisotopic (exact) mass is 348 g/mol. The van der Waals surface area contributed by atoms with Crippen LogP contribution in [0.15, 0.2) is 66.4 Å². The minimum Gasteiger partial charge on any atom is -0.462 e. The van der Waals surface area contributed by atoms with Gasteiger partial charge in [0, 0.05) is 24.0 Å². The van der Waals surface area contributed by atoms with Crippen LogP contribution in [0, 0.1) is 5.41 Å². The maximum atomic E-state index is 6.71. The Morgan fingerprint density at radius 3 is 2.23 bits per heavy atom. The lowest BCUT2D eigenvalue weighted by molar-refractivity contribution is -0.202. The van der Waals surface area contributed by atoms with Crippen molar-refractivity contribution in [2.75, 3.05) is 6.61 Å². The van der Waals surface area contributed by atoms with Gasteiger partial charge < -0.3 is 9.47 Å². The van der Waals surface area contributed by atoms with E-state index in [1.54, 1.807) is 0 Å². The van der Waals surface area contributed by atoms with Crippen LogP contribution in [0.2, 0.25) is 0 Å². The van der Waals surface area contributed by atoms with Crippen LogP contribution in [-0.2, 0) is 15.3 Å². The van der Waals surface area contributed by atoms with Gasteiger partial charge in [0.1, 0.15) is 5.76 Å². The maximum absolute atomic E-state index is 6.71. The van der Waals surface area contributed by atoms with Gasteiger partial charge in [0.05, 0.1) is 0 Å². The normalized spacial score (nSPS) is 26.1. The van der Waals surface area contributed by atoms with Gasteiger partial charge in [-0.05, 0) is 31.4 Å². The third-order valence-electron chi connectivity index (χ3n) is 5.87. The minimum atomic E-state index is -0.659. The fourth-order valence-electron chi connectivity index (χ4n) is 4.64. The zero-order chi connectivity index (χ0) is 17.9. The number of hydrogen-bond acceptors (Lipinski definition) is 2. The molecule has 0 radical (unpaired) electrons. The van der Waals surface area contributed by atoms with E-state index in [1.807, 2.05) is 0 Å². The second-order valence-corrected chi connectivity index (χ2v) is 7.59. The van der Waals surface area contributed by atoms with Crippen LogP contribution in [0.4, 0.5) is 0 Å². The van der Waals surface area contributed by atoms with Crippen LogP contribution in [0.25, 0.3) is 6.08 Å².